The van der Waals surface area contributed by atoms with Gasteiger partial charge in [0, 0.05) is 11.2 Å². The topological polar surface area (TPSA) is 30.7 Å². The Balaban J connectivity index is 1.94. The van der Waals surface area contributed by atoms with Crippen LogP contribution in [0.2, 0.25) is 0 Å². The number of fused-ring (bicyclic) bond motifs is 1. The van der Waals surface area contributed by atoms with E-state index in [0.29, 0.717) is 17.4 Å². The summed E-state index contributed by atoms with van der Waals surface area (Å²) in [5, 5.41) is 5.18. The van der Waals surface area contributed by atoms with Crippen molar-refractivity contribution >= 4 is 11.8 Å². The van der Waals surface area contributed by atoms with Gasteiger partial charge in [-0.15, -0.1) is 5.10 Å². The van der Waals surface area contributed by atoms with Crippen molar-refractivity contribution in [2.45, 2.75) is 49.3 Å². The van der Waals surface area contributed by atoms with Gasteiger partial charge in [-0.3, -0.25) is 0 Å². The first kappa shape index (κ1) is 13.6. The summed E-state index contributed by atoms with van der Waals surface area (Å²) in [5.41, 5.74) is 1.09. The molecule has 0 unspecified atom stereocenters. The number of hydrogen-bond acceptors (Lipinski definition) is 3. The van der Waals surface area contributed by atoms with Gasteiger partial charge in [0.15, 0.2) is 12.0 Å². The minimum Gasteiger partial charge on any atom is -0.239 e. The molecule has 5 heteroatoms. The third-order valence-electron chi connectivity index (χ3n) is 3.23. The summed E-state index contributed by atoms with van der Waals surface area (Å²) in [6.45, 7) is 6.31. The summed E-state index contributed by atoms with van der Waals surface area (Å²) in [6, 6.07) is 9.91. The molecule has 0 N–H and O–H groups in total. The number of rotatable bonds is 2. The Morgan fingerprint density at radius 3 is 2.60 bits per heavy atom. The zero-order valence-corrected chi connectivity index (χ0v) is 12.7. The molecule has 0 spiro atoms. The molecule has 3 nitrogen and oxygen atoms in total. The molecule has 2 atom stereocenters. The smallest absolute Gasteiger partial charge is 0.209 e. The Hall–Kier alpha value is -1.36. The van der Waals surface area contributed by atoms with Gasteiger partial charge in [0.2, 0.25) is 5.16 Å². The first-order valence-corrected chi connectivity index (χ1v) is 7.60. The van der Waals surface area contributed by atoms with Gasteiger partial charge in [-0.2, -0.15) is 0 Å². The summed E-state index contributed by atoms with van der Waals surface area (Å²) < 4.78 is 15.9. The van der Waals surface area contributed by atoms with Crippen LogP contribution in [0.15, 0.2) is 35.5 Å². The minimum absolute atomic E-state index is 0.0245. The van der Waals surface area contributed by atoms with E-state index in [1.807, 2.05) is 30.3 Å². The second-order valence-corrected chi connectivity index (χ2v) is 7.84. The van der Waals surface area contributed by atoms with Gasteiger partial charge in [-0.05, 0) is 5.56 Å². The average Bonchev–Trinajstić information content (AvgIpc) is 2.89. The van der Waals surface area contributed by atoms with E-state index < -0.39 is 6.17 Å². The molecule has 3 rings (SSSR count). The third kappa shape index (κ3) is 2.59. The largest absolute Gasteiger partial charge is 0.239 e. The van der Waals surface area contributed by atoms with E-state index in [4.69, 9.17) is 0 Å². The van der Waals surface area contributed by atoms with Crippen molar-refractivity contribution < 1.29 is 4.39 Å². The van der Waals surface area contributed by atoms with Crippen LogP contribution in [0.4, 0.5) is 4.39 Å². The molecule has 0 fully saturated rings. The van der Waals surface area contributed by atoms with E-state index in [1.54, 1.807) is 16.4 Å². The molecule has 0 aliphatic carbocycles. The second-order valence-electron chi connectivity index (χ2n) is 6.04. The van der Waals surface area contributed by atoms with Gasteiger partial charge < -0.3 is 0 Å². The number of hydrogen-bond donors (Lipinski definition) is 0. The maximum atomic E-state index is 14.2. The van der Waals surface area contributed by atoms with Crippen molar-refractivity contribution in [1.29, 1.82) is 0 Å². The highest BCUT2D eigenvalue weighted by atomic mass is 32.2. The number of nitrogens with zero attached hydrogens (tertiary/aromatic N) is 3. The first-order valence-electron chi connectivity index (χ1n) is 6.78. The van der Waals surface area contributed by atoms with Crippen molar-refractivity contribution in [1.82, 2.24) is 14.8 Å². The molecule has 20 heavy (non-hydrogen) atoms. The lowest BCUT2D eigenvalue weighted by atomic mass is 10.0. The van der Waals surface area contributed by atoms with Crippen molar-refractivity contribution in [3.8, 4) is 0 Å². The predicted octanol–water partition coefficient (Wildman–Crippen LogP) is 4.17. The SMILES string of the molecule is CC(C)(C)Sc1nc2n(n1)[C@H](c1ccccc1)C[C@@H]2F. The lowest BCUT2D eigenvalue weighted by Crippen LogP contribution is -2.09. The zero-order chi connectivity index (χ0) is 14.3. The van der Waals surface area contributed by atoms with E-state index in [9.17, 15) is 4.39 Å². The number of halogens is 1. The van der Waals surface area contributed by atoms with E-state index in [0.717, 1.165) is 5.56 Å². The predicted molar refractivity (Wildman–Crippen MR) is 78.7 cm³/mol. The van der Waals surface area contributed by atoms with E-state index in [2.05, 4.69) is 30.9 Å². The molecular formula is C15H18FN3S. The summed E-state index contributed by atoms with van der Waals surface area (Å²) in [4.78, 5) is 4.37. The van der Waals surface area contributed by atoms with Crippen LogP contribution in [-0.4, -0.2) is 19.5 Å². The van der Waals surface area contributed by atoms with Gasteiger partial charge in [-0.25, -0.2) is 14.1 Å². The van der Waals surface area contributed by atoms with Crippen molar-refractivity contribution in [3.63, 3.8) is 0 Å². The summed E-state index contributed by atoms with van der Waals surface area (Å²) in [7, 11) is 0. The summed E-state index contributed by atoms with van der Waals surface area (Å²) in [5.74, 6) is 0.464. The summed E-state index contributed by atoms with van der Waals surface area (Å²) >= 11 is 1.57. The molecule has 1 aliphatic rings. The maximum Gasteiger partial charge on any atom is 0.209 e. The summed E-state index contributed by atoms with van der Waals surface area (Å²) in [6.07, 6.45) is -0.596. The van der Waals surface area contributed by atoms with Crippen LogP contribution in [0, 0.1) is 0 Å². The Morgan fingerprint density at radius 1 is 1.25 bits per heavy atom. The minimum atomic E-state index is -1.03. The second kappa shape index (κ2) is 4.88. The monoisotopic (exact) mass is 291 g/mol. The maximum absolute atomic E-state index is 14.2. The Labute approximate surface area is 122 Å². The highest BCUT2D eigenvalue weighted by Gasteiger charge is 2.35. The van der Waals surface area contributed by atoms with Gasteiger partial charge in [0.25, 0.3) is 0 Å². The van der Waals surface area contributed by atoms with E-state index in [1.165, 1.54) is 0 Å². The van der Waals surface area contributed by atoms with Gasteiger partial charge in [0.1, 0.15) is 0 Å². The Morgan fingerprint density at radius 2 is 1.95 bits per heavy atom. The van der Waals surface area contributed by atoms with Crippen molar-refractivity contribution in [3.05, 3.63) is 41.7 Å². The lowest BCUT2D eigenvalue weighted by Gasteiger charge is -2.15. The van der Waals surface area contributed by atoms with Gasteiger partial charge in [-0.1, -0.05) is 62.9 Å². The fourth-order valence-corrected chi connectivity index (χ4v) is 3.24. The highest BCUT2D eigenvalue weighted by molar-refractivity contribution is 8.00. The van der Waals surface area contributed by atoms with Crippen LogP contribution in [0.5, 0.6) is 0 Å². The van der Waals surface area contributed by atoms with E-state index >= 15 is 0 Å². The van der Waals surface area contributed by atoms with Crippen LogP contribution in [0.25, 0.3) is 0 Å². The highest BCUT2D eigenvalue weighted by Crippen LogP contribution is 2.41. The van der Waals surface area contributed by atoms with Crippen molar-refractivity contribution in [2.24, 2.45) is 0 Å². The fourth-order valence-electron chi connectivity index (χ4n) is 2.43. The first-order chi connectivity index (χ1) is 9.44. The van der Waals surface area contributed by atoms with Crippen LogP contribution >= 0.6 is 11.8 Å². The normalized spacial score (nSPS) is 22.0. The molecule has 0 radical (unpaired) electrons. The van der Waals surface area contributed by atoms with Crippen molar-refractivity contribution in [2.75, 3.05) is 0 Å². The van der Waals surface area contributed by atoms with E-state index in [-0.39, 0.29) is 10.8 Å². The fraction of sp³-hybridized carbons (Fsp3) is 0.467. The number of alkyl halides is 1. The van der Waals surface area contributed by atoms with Crippen LogP contribution < -0.4 is 0 Å². The molecule has 0 saturated carbocycles. The Bertz CT molecular complexity index is 603. The zero-order valence-electron chi connectivity index (χ0n) is 11.9. The van der Waals surface area contributed by atoms with Crippen LogP contribution in [0.3, 0.4) is 0 Å². The van der Waals surface area contributed by atoms with Crippen LogP contribution in [0.1, 0.15) is 50.8 Å². The molecular weight excluding hydrogens is 273 g/mol. The molecule has 0 bridgehead atoms. The quantitative estimate of drug-likeness (QED) is 0.778. The average molecular weight is 291 g/mol. The molecule has 2 aromatic rings. The number of thioether (sulfide) groups is 1. The number of aromatic nitrogens is 3. The standard InChI is InChI=1S/C15H18FN3S/c1-15(2,3)20-14-17-13-11(16)9-12(19(13)18-14)10-7-5-4-6-8-10/h4-8,11-12H,9H2,1-3H3/t11-,12-/m0/s1. The van der Waals surface area contributed by atoms with Gasteiger partial charge >= 0.3 is 0 Å². The molecule has 0 saturated heterocycles. The van der Waals surface area contributed by atoms with Gasteiger partial charge in [0.05, 0.1) is 6.04 Å². The molecule has 1 aromatic carbocycles. The lowest BCUT2D eigenvalue weighted by molar-refractivity contribution is 0.327. The third-order valence-corrected chi connectivity index (χ3v) is 4.19. The molecule has 1 aromatic heterocycles. The molecule has 106 valence electrons. The Kier molecular flexibility index (Phi) is 3.32. The molecule has 0 amide bonds. The molecule has 2 heterocycles. The van der Waals surface area contributed by atoms with Crippen LogP contribution in [-0.2, 0) is 0 Å². The number of benzene rings is 1. The molecule has 1 aliphatic heterocycles.